The van der Waals surface area contributed by atoms with E-state index in [4.69, 9.17) is 5.26 Å². The van der Waals surface area contributed by atoms with E-state index in [2.05, 4.69) is 11.4 Å². The van der Waals surface area contributed by atoms with Crippen LogP contribution in [0.1, 0.15) is 25.5 Å². The van der Waals surface area contributed by atoms with E-state index >= 15 is 0 Å². The Morgan fingerprint density at radius 1 is 1.56 bits per heavy atom. The first-order chi connectivity index (χ1) is 8.44. The summed E-state index contributed by atoms with van der Waals surface area (Å²) in [5, 5.41) is 11.8. The normalized spacial score (nSPS) is 19.6. The summed E-state index contributed by atoms with van der Waals surface area (Å²) in [6.07, 6.45) is 0. The van der Waals surface area contributed by atoms with Crippen molar-refractivity contribution in [2.45, 2.75) is 25.4 Å². The van der Waals surface area contributed by atoms with Crippen molar-refractivity contribution in [2.75, 3.05) is 6.54 Å². The molecule has 1 heterocycles. The van der Waals surface area contributed by atoms with E-state index in [-0.39, 0.29) is 17.9 Å². The summed E-state index contributed by atoms with van der Waals surface area (Å²) in [5.74, 6) is -0.334. The van der Waals surface area contributed by atoms with Crippen molar-refractivity contribution < 1.29 is 9.18 Å². The molecule has 1 fully saturated rings. The van der Waals surface area contributed by atoms with Gasteiger partial charge in [-0.25, -0.2) is 9.18 Å². The zero-order valence-electron chi connectivity index (χ0n) is 10.3. The van der Waals surface area contributed by atoms with Gasteiger partial charge in [0.2, 0.25) is 0 Å². The Bertz CT molecular complexity index is 521. The lowest BCUT2D eigenvalue weighted by atomic mass is 10.0. The van der Waals surface area contributed by atoms with Crippen LogP contribution in [0.25, 0.3) is 0 Å². The molecule has 0 radical (unpaired) electrons. The summed E-state index contributed by atoms with van der Waals surface area (Å²) in [5.41, 5.74) is -0.161. The number of nitriles is 1. The van der Waals surface area contributed by atoms with E-state index in [9.17, 15) is 9.18 Å². The molecule has 2 amide bonds. The van der Waals surface area contributed by atoms with Gasteiger partial charge >= 0.3 is 6.03 Å². The Morgan fingerprint density at radius 3 is 2.89 bits per heavy atom. The lowest BCUT2D eigenvalue weighted by molar-refractivity contribution is 0.186. The van der Waals surface area contributed by atoms with Gasteiger partial charge in [-0.1, -0.05) is 12.1 Å². The molecule has 0 aliphatic carbocycles. The Balaban J connectivity index is 2.22. The van der Waals surface area contributed by atoms with Gasteiger partial charge in [0, 0.05) is 6.54 Å². The molecule has 0 spiro atoms. The van der Waals surface area contributed by atoms with Gasteiger partial charge in [-0.3, -0.25) is 0 Å². The number of hydrogen-bond acceptors (Lipinski definition) is 2. The second-order valence-electron chi connectivity index (χ2n) is 4.84. The molecule has 4 nitrogen and oxygen atoms in total. The maximum atomic E-state index is 13.1. The van der Waals surface area contributed by atoms with Crippen LogP contribution in [-0.4, -0.2) is 23.0 Å². The van der Waals surface area contributed by atoms with E-state index < -0.39 is 5.54 Å². The third kappa shape index (κ3) is 2.14. The maximum absolute atomic E-state index is 13.1. The largest absolute Gasteiger partial charge is 0.329 e. The molecule has 5 heteroatoms. The molecule has 1 aliphatic rings. The zero-order chi connectivity index (χ0) is 13.3. The third-order valence-corrected chi connectivity index (χ3v) is 3.11. The number of urea groups is 1. The number of amides is 2. The van der Waals surface area contributed by atoms with Crippen molar-refractivity contribution in [1.82, 2.24) is 10.2 Å². The first kappa shape index (κ1) is 12.4. The number of benzene rings is 1. The van der Waals surface area contributed by atoms with E-state index in [0.717, 1.165) is 0 Å². The summed E-state index contributed by atoms with van der Waals surface area (Å²) >= 11 is 0. The molecular weight excluding hydrogens is 233 g/mol. The molecule has 94 valence electrons. The Labute approximate surface area is 105 Å². The number of hydrogen-bond donors (Lipinski definition) is 1. The molecule has 1 aliphatic heterocycles. The van der Waals surface area contributed by atoms with Crippen molar-refractivity contribution in [3.05, 3.63) is 35.6 Å². The van der Waals surface area contributed by atoms with Crippen LogP contribution < -0.4 is 5.32 Å². The molecule has 2 rings (SSSR count). The van der Waals surface area contributed by atoms with Gasteiger partial charge < -0.3 is 10.2 Å². The van der Waals surface area contributed by atoms with Gasteiger partial charge in [0.25, 0.3) is 0 Å². The average Bonchev–Trinajstić information content (AvgIpc) is 2.72. The fourth-order valence-corrected chi connectivity index (χ4v) is 1.99. The first-order valence-corrected chi connectivity index (χ1v) is 5.69. The summed E-state index contributed by atoms with van der Waals surface area (Å²) in [4.78, 5) is 13.3. The van der Waals surface area contributed by atoms with Crippen LogP contribution in [-0.2, 0) is 0 Å². The molecule has 1 unspecified atom stereocenters. The molecule has 1 saturated heterocycles. The lowest BCUT2D eigenvalue weighted by Crippen LogP contribution is -2.44. The third-order valence-electron chi connectivity index (χ3n) is 3.11. The SMILES string of the molecule is CC(C)(C#N)N1CC(c2cccc(F)c2)NC1=O. The van der Waals surface area contributed by atoms with Crippen molar-refractivity contribution in [1.29, 1.82) is 5.26 Å². The van der Waals surface area contributed by atoms with Crippen molar-refractivity contribution in [3.63, 3.8) is 0 Å². The van der Waals surface area contributed by atoms with Gasteiger partial charge in [-0.2, -0.15) is 5.26 Å². The minimum atomic E-state index is -0.869. The van der Waals surface area contributed by atoms with Crippen LogP contribution in [0.5, 0.6) is 0 Å². The smallest absolute Gasteiger partial charge is 0.319 e. The quantitative estimate of drug-likeness (QED) is 0.871. The van der Waals surface area contributed by atoms with E-state index in [1.165, 1.54) is 17.0 Å². The van der Waals surface area contributed by atoms with Crippen LogP contribution in [0.15, 0.2) is 24.3 Å². The summed E-state index contributed by atoms with van der Waals surface area (Å²) in [6, 6.07) is 7.64. The van der Waals surface area contributed by atoms with E-state index in [1.807, 2.05) is 0 Å². The number of carbonyl (C=O) groups excluding carboxylic acids is 1. The lowest BCUT2D eigenvalue weighted by Gasteiger charge is -2.27. The van der Waals surface area contributed by atoms with Gasteiger partial charge in [-0.15, -0.1) is 0 Å². The van der Waals surface area contributed by atoms with Crippen LogP contribution >= 0.6 is 0 Å². The molecule has 1 N–H and O–H groups in total. The molecule has 0 bridgehead atoms. The maximum Gasteiger partial charge on any atom is 0.319 e. The number of nitrogens with one attached hydrogen (secondary N) is 1. The molecule has 0 saturated carbocycles. The van der Waals surface area contributed by atoms with Crippen LogP contribution in [0, 0.1) is 17.1 Å². The van der Waals surface area contributed by atoms with Crippen molar-refractivity contribution >= 4 is 6.03 Å². The summed E-state index contributed by atoms with van der Waals surface area (Å²) in [7, 11) is 0. The Morgan fingerprint density at radius 2 is 2.28 bits per heavy atom. The topological polar surface area (TPSA) is 56.1 Å². The number of rotatable bonds is 2. The fraction of sp³-hybridized carbons (Fsp3) is 0.385. The van der Waals surface area contributed by atoms with Gasteiger partial charge in [0.05, 0.1) is 12.1 Å². The number of carbonyl (C=O) groups is 1. The number of nitrogens with zero attached hydrogens (tertiary/aromatic N) is 2. The molecule has 18 heavy (non-hydrogen) atoms. The first-order valence-electron chi connectivity index (χ1n) is 5.69. The zero-order valence-corrected chi connectivity index (χ0v) is 10.3. The minimum absolute atomic E-state index is 0.277. The minimum Gasteiger partial charge on any atom is -0.329 e. The Kier molecular flexibility index (Phi) is 2.95. The average molecular weight is 247 g/mol. The van der Waals surface area contributed by atoms with Crippen molar-refractivity contribution in [3.8, 4) is 6.07 Å². The van der Waals surface area contributed by atoms with Gasteiger partial charge in [0.1, 0.15) is 11.4 Å². The molecule has 1 atom stereocenters. The van der Waals surface area contributed by atoms with Gasteiger partial charge in [0.15, 0.2) is 0 Å². The second-order valence-corrected chi connectivity index (χ2v) is 4.84. The molecule has 1 aromatic carbocycles. The van der Waals surface area contributed by atoms with E-state index in [1.54, 1.807) is 26.0 Å². The highest BCUT2D eigenvalue weighted by Crippen LogP contribution is 2.26. The van der Waals surface area contributed by atoms with Crippen molar-refractivity contribution in [2.24, 2.45) is 0 Å². The summed E-state index contributed by atoms with van der Waals surface area (Å²) in [6.45, 7) is 3.73. The monoisotopic (exact) mass is 247 g/mol. The highest BCUT2D eigenvalue weighted by Gasteiger charge is 2.39. The molecular formula is C13H14FN3O. The second kappa shape index (κ2) is 4.30. The summed E-state index contributed by atoms with van der Waals surface area (Å²) < 4.78 is 13.1. The van der Waals surface area contributed by atoms with Crippen LogP contribution in [0.2, 0.25) is 0 Å². The number of halogens is 1. The highest BCUT2D eigenvalue weighted by molar-refractivity contribution is 5.78. The fourth-order valence-electron chi connectivity index (χ4n) is 1.99. The van der Waals surface area contributed by atoms with Crippen LogP contribution in [0.3, 0.4) is 0 Å². The van der Waals surface area contributed by atoms with Crippen LogP contribution in [0.4, 0.5) is 9.18 Å². The van der Waals surface area contributed by atoms with Gasteiger partial charge in [-0.05, 0) is 31.5 Å². The molecule has 0 aromatic heterocycles. The highest BCUT2D eigenvalue weighted by atomic mass is 19.1. The predicted octanol–water partition coefficient (Wildman–Crippen LogP) is 2.19. The predicted molar refractivity (Wildman–Crippen MR) is 64.1 cm³/mol. The molecule has 1 aromatic rings. The standard InChI is InChI=1S/C13H14FN3O/c1-13(2,8-15)17-7-11(16-12(17)18)9-4-3-5-10(14)6-9/h3-6,11H,7H2,1-2H3,(H,16,18). The van der Waals surface area contributed by atoms with E-state index in [0.29, 0.717) is 12.1 Å². The Hall–Kier alpha value is -2.09.